The molecule has 0 aliphatic heterocycles. The van der Waals surface area contributed by atoms with Gasteiger partial charge in [0, 0.05) is 6.42 Å². The van der Waals surface area contributed by atoms with Gasteiger partial charge in [-0.2, -0.15) is 0 Å². The summed E-state index contributed by atoms with van der Waals surface area (Å²) in [7, 11) is 5.41. The SMILES string of the molecule is C=CCCOC(=O)C(C)(C)CC(C)(CC)C(=O)OC.CCC(C)(CC(C)(C)C(=O)OCC/C=C/CCOC(=O)C(C)(C)CC(C)(CC)C(=O)OC)C(=O)OC.CCC(C)(CC(C)(C)C(=O)OCCC=O)C(=O)OC. The first-order chi connectivity index (χ1) is 34.0. The summed E-state index contributed by atoms with van der Waals surface area (Å²) in [6, 6.07) is 0. The zero-order valence-corrected chi connectivity index (χ0v) is 49.3. The summed E-state index contributed by atoms with van der Waals surface area (Å²) in [5.41, 5.74) is -6.08. The Morgan fingerprint density at radius 2 is 0.554 bits per heavy atom. The van der Waals surface area contributed by atoms with Gasteiger partial charge in [0.15, 0.2) is 0 Å². The molecule has 0 heterocycles. The molecule has 0 aromatic heterocycles. The predicted molar refractivity (Wildman–Crippen MR) is 283 cm³/mol. The second kappa shape index (κ2) is 33.8. The third-order valence-electron chi connectivity index (χ3n) is 13.6. The van der Waals surface area contributed by atoms with E-state index in [9.17, 15) is 43.2 Å². The summed E-state index contributed by atoms with van der Waals surface area (Å²) in [6.07, 6.45) is 11.7. The number of hydrogen-bond donors (Lipinski definition) is 0. The van der Waals surface area contributed by atoms with E-state index in [2.05, 4.69) is 6.58 Å². The van der Waals surface area contributed by atoms with E-state index in [0.29, 0.717) is 83.5 Å². The van der Waals surface area contributed by atoms with Crippen molar-refractivity contribution in [1.29, 1.82) is 0 Å². The van der Waals surface area contributed by atoms with Gasteiger partial charge in [-0.15, -0.1) is 6.58 Å². The second-order valence-corrected chi connectivity index (χ2v) is 22.5. The number of ether oxygens (including phenoxy) is 8. The minimum absolute atomic E-state index is 0.0762. The molecule has 0 rings (SSSR count). The van der Waals surface area contributed by atoms with E-state index in [4.69, 9.17) is 37.9 Å². The molecular weight excluding hydrogens is 957 g/mol. The van der Waals surface area contributed by atoms with Gasteiger partial charge in [0.2, 0.25) is 0 Å². The third-order valence-corrected chi connectivity index (χ3v) is 13.6. The van der Waals surface area contributed by atoms with Crippen LogP contribution < -0.4 is 0 Å². The fourth-order valence-corrected chi connectivity index (χ4v) is 8.43. The summed E-state index contributed by atoms with van der Waals surface area (Å²) < 4.78 is 40.5. The topological polar surface area (TPSA) is 227 Å². The molecule has 0 aromatic rings. The van der Waals surface area contributed by atoms with Crippen LogP contribution in [0.3, 0.4) is 0 Å². The fourth-order valence-electron chi connectivity index (χ4n) is 8.43. The molecule has 0 fully saturated rings. The number of methoxy groups -OCH3 is 4. The second-order valence-electron chi connectivity index (χ2n) is 22.5. The Morgan fingerprint density at radius 1 is 0.351 bits per heavy atom. The van der Waals surface area contributed by atoms with E-state index < -0.39 is 49.3 Å². The van der Waals surface area contributed by atoms with Crippen molar-refractivity contribution in [3.05, 3.63) is 24.8 Å². The Kier molecular flexibility index (Phi) is 33.4. The summed E-state index contributed by atoms with van der Waals surface area (Å²) in [5.74, 6) is -2.70. The smallest absolute Gasteiger partial charge is 0.311 e. The number of aldehydes is 1. The van der Waals surface area contributed by atoms with Crippen LogP contribution in [0.1, 0.15) is 188 Å². The zero-order chi connectivity index (χ0) is 58.4. The summed E-state index contributed by atoms with van der Waals surface area (Å²) in [6.45, 7) is 33.3. The Balaban J connectivity index is -0.00000112. The summed E-state index contributed by atoms with van der Waals surface area (Å²) in [5, 5.41) is 0. The Bertz CT molecular complexity index is 1710. The van der Waals surface area contributed by atoms with Gasteiger partial charge >= 0.3 is 47.8 Å². The van der Waals surface area contributed by atoms with Gasteiger partial charge in [-0.1, -0.05) is 45.9 Å². The molecule has 0 aromatic carbocycles. The normalized spacial score (nSPS) is 14.9. The van der Waals surface area contributed by atoms with E-state index in [1.54, 1.807) is 82.2 Å². The molecule has 0 aliphatic carbocycles. The van der Waals surface area contributed by atoms with E-state index in [-0.39, 0.29) is 68.0 Å². The van der Waals surface area contributed by atoms with E-state index >= 15 is 0 Å². The molecule has 0 radical (unpaired) electrons. The van der Waals surface area contributed by atoms with Gasteiger partial charge in [-0.3, -0.25) is 38.4 Å². The van der Waals surface area contributed by atoms with Crippen molar-refractivity contribution < 1.29 is 81.0 Å². The largest absolute Gasteiger partial charge is 0.469 e. The maximum atomic E-state index is 12.6. The zero-order valence-electron chi connectivity index (χ0n) is 49.3. The molecule has 17 heteroatoms. The van der Waals surface area contributed by atoms with Crippen molar-refractivity contribution in [2.75, 3.05) is 54.9 Å². The van der Waals surface area contributed by atoms with Crippen LogP contribution in [0.25, 0.3) is 0 Å². The first-order valence-corrected chi connectivity index (χ1v) is 25.7. The molecule has 0 aliphatic rings. The minimum Gasteiger partial charge on any atom is -0.469 e. The Hall–Kier alpha value is -5.09. The van der Waals surface area contributed by atoms with Gasteiger partial charge < -0.3 is 42.7 Å². The van der Waals surface area contributed by atoms with Crippen LogP contribution in [0.5, 0.6) is 0 Å². The molecule has 0 saturated heterocycles. The van der Waals surface area contributed by atoms with Crippen molar-refractivity contribution >= 4 is 54.0 Å². The molecule has 0 spiro atoms. The van der Waals surface area contributed by atoms with Crippen LogP contribution in [-0.2, 0) is 81.0 Å². The highest BCUT2D eigenvalue weighted by atomic mass is 16.6. The summed E-state index contributed by atoms with van der Waals surface area (Å²) in [4.78, 5) is 107. The number of esters is 8. The van der Waals surface area contributed by atoms with Crippen LogP contribution in [0.2, 0.25) is 0 Å². The van der Waals surface area contributed by atoms with Gasteiger partial charge in [0.25, 0.3) is 0 Å². The standard InChI is InChI=1S/C28H48O8.C15H26O4.C14H24O5/c1-11-27(7,23(31)33-9)19-25(3,4)21(29)35-17-15-13-14-16-18-36-22(30)26(5,6)20-28(8,12-2)24(32)34-10;1-7-9-10-19-12(16)14(3,4)11-15(5,8-2)13(17)18-6;1-6-14(4,12(17)18-5)10-13(2,3)11(16)19-9-7-8-15/h13-14H,11-12,15-20H2,1-10H3;7H,1,8-11H2,2-6H3;8H,6-7,9-10H2,1-5H3/b14-13+;;. The average molecular weight is 1060 g/mol. The quantitative estimate of drug-likeness (QED) is 0.0201. The van der Waals surface area contributed by atoms with Crippen molar-refractivity contribution in [2.24, 2.45) is 43.3 Å². The fraction of sp³-hybridized carbons (Fsp3) is 0.772. The number of carbonyl (C=O) groups excluding carboxylic acids is 9. The number of carbonyl (C=O) groups is 9. The lowest BCUT2D eigenvalue weighted by molar-refractivity contribution is -0.163. The molecule has 74 heavy (non-hydrogen) atoms. The number of rotatable bonds is 32. The minimum atomic E-state index is -0.828. The monoisotopic (exact) mass is 1050 g/mol. The van der Waals surface area contributed by atoms with Crippen molar-refractivity contribution in [3.8, 4) is 0 Å². The van der Waals surface area contributed by atoms with Crippen molar-refractivity contribution in [1.82, 2.24) is 0 Å². The molecular formula is C57H98O17. The highest BCUT2D eigenvalue weighted by Gasteiger charge is 2.46. The maximum absolute atomic E-state index is 12.6. The third kappa shape index (κ3) is 25.0. The van der Waals surface area contributed by atoms with Gasteiger partial charge in [-0.25, -0.2) is 0 Å². The van der Waals surface area contributed by atoms with Crippen LogP contribution in [0, 0.1) is 43.3 Å². The molecule has 17 nitrogen and oxygen atoms in total. The predicted octanol–water partition coefficient (Wildman–Crippen LogP) is 10.7. The van der Waals surface area contributed by atoms with Crippen molar-refractivity contribution in [3.63, 3.8) is 0 Å². The molecule has 4 atom stereocenters. The highest BCUT2D eigenvalue weighted by molar-refractivity contribution is 5.82. The Labute approximate surface area is 444 Å². The lowest BCUT2D eigenvalue weighted by atomic mass is 9.72. The van der Waals surface area contributed by atoms with Crippen LogP contribution in [0.15, 0.2) is 24.8 Å². The maximum Gasteiger partial charge on any atom is 0.311 e. The molecule has 0 N–H and O–H groups in total. The van der Waals surface area contributed by atoms with Crippen LogP contribution in [-0.4, -0.2) is 109 Å². The van der Waals surface area contributed by atoms with Gasteiger partial charge in [0.05, 0.1) is 98.2 Å². The van der Waals surface area contributed by atoms with Gasteiger partial charge in [0.1, 0.15) is 6.29 Å². The number of hydrogen-bond acceptors (Lipinski definition) is 17. The van der Waals surface area contributed by atoms with Crippen LogP contribution >= 0.6 is 0 Å². The van der Waals surface area contributed by atoms with Crippen molar-refractivity contribution in [2.45, 2.75) is 188 Å². The lowest BCUT2D eigenvalue weighted by Crippen LogP contribution is -2.38. The molecule has 428 valence electrons. The van der Waals surface area contributed by atoms with E-state index in [1.807, 2.05) is 46.8 Å². The molecule has 0 bridgehead atoms. The average Bonchev–Trinajstić information content (AvgIpc) is 3.35. The van der Waals surface area contributed by atoms with E-state index in [0.717, 1.165) is 0 Å². The lowest BCUT2D eigenvalue weighted by Gasteiger charge is -2.33. The Morgan fingerprint density at radius 3 is 0.730 bits per heavy atom. The summed E-state index contributed by atoms with van der Waals surface area (Å²) >= 11 is 0. The first kappa shape index (κ1) is 73.2. The molecule has 0 saturated carbocycles. The molecule has 0 amide bonds. The highest BCUT2D eigenvalue weighted by Crippen LogP contribution is 2.41. The first-order valence-electron chi connectivity index (χ1n) is 25.7. The van der Waals surface area contributed by atoms with Crippen LogP contribution in [0.4, 0.5) is 0 Å². The van der Waals surface area contributed by atoms with E-state index in [1.165, 1.54) is 28.4 Å². The molecule has 4 unspecified atom stereocenters. The van der Waals surface area contributed by atoms with Gasteiger partial charge in [-0.05, 0) is 154 Å².